The van der Waals surface area contributed by atoms with Crippen LogP contribution in [0.15, 0.2) is 48.7 Å². The van der Waals surface area contributed by atoms with Crippen LogP contribution in [0.4, 0.5) is 5.82 Å². The van der Waals surface area contributed by atoms with E-state index in [9.17, 15) is 4.79 Å². The third-order valence-electron chi connectivity index (χ3n) is 4.28. The number of fused-ring (bicyclic) bond motifs is 1. The molecule has 0 radical (unpaired) electrons. The number of hydrogen-bond acceptors (Lipinski definition) is 5. The van der Waals surface area contributed by atoms with Gasteiger partial charge in [-0.3, -0.25) is 4.90 Å². The third-order valence-corrected chi connectivity index (χ3v) is 4.28. The number of piperazine rings is 1. The first-order valence-corrected chi connectivity index (χ1v) is 7.53. The van der Waals surface area contributed by atoms with Crippen LogP contribution >= 0.6 is 0 Å². The zero-order chi connectivity index (χ0) is 14.9. The number of aromatic nitrogens is 1. The number of benzene rings is 1. The number of pyridine rings is 1. The number of cyclic esters (lactones) is 1. The van der Waals surface area contributed by atoms with Gasteiger partial charge < -0.3 is 9.64 Å². The van der Waals surface area contributed by atoms with Gasteiger partial charge in [-0.05, 0) is 18.2 Å². The highest BCUT2D eigenvalue weighted by molar-refractivity contribution is 5.93. The number of esters is 1. The van der Waals surface area contributed by atoms with E-state index in [1.807, 2.05) is 48.7 Å². The Hall–Kier alpha value is -2.40. The monoisotopic (exact) mass is 295 g/mol. The Bertz CT molecular complexity index is 681. The van der Waals surface area contributed by atoms with Crippen LogP contribution in [0, 0.1) is 0 Å². The largest absolute Gasteiger partial charge is 0.438 e. The molecule has 3 heterocycles. The molecule has 1 saturated heterocycles. The van der Waals surface area contributed by atoms with Crippen LogP contribution in [0.1, 0.15) is 22.1 Å². The summed E-state index contributed by atoms with van der Waals surface area (Å²) in [7, 11) is 0. The van der Waals surface area contributed by atoms with Crippen LogP contribution in [0.3, 0.4) is 0 Å². The van der Waals surface area contributed by atoms with E-state index in [1.54, 1.807) is 0 Å². The molecule has 0 aliphatic carbocycles. The van der Waals surface area contributed by atoms with Gasteiger partial charge >= 0.3 is 5.97 Å². The van der Waals surface area contributed by atoms with Crippen molar-refractivity contribution in [1.82, 2.24) is 9.88 Å². The summed E-state index contributed by atoms with van der Waals surface area (Å²) >= 11 is 0. The Morgan fingerprint density at radius 1 is 1.00 bits per heavy atom. The predicted molar refractivity (Wildman–Crippen MR) is 82.6 cm³/mol. The lowest BCUT2D eigenvalue weighted by Gasteiger charge is -2.37. The first-order valence-electron chi connectivity index (χ1n) is 7.53. The summed E-state index contributed by atoms with van der Waals surface area (Å²) in [6.07, 6.45) is 1.58. The molecule has 0 bridgehead atoms. The number of hydrogen-bond donors (Lipinski definition) is 0. The SMILES string of the molecule is O=C1O[C@@H](N2CCN(c3ccccn3)CC2)c2ccccc21. The summed E-state index contributed by atoms with van der Waals surface area (Å²) in [6.45, 7) is 3.46. The minimum Gasteiger partial charge on any atom is -0.438 e. The van der Waals surface area contributed by atoms with E-state index in [1.165, 1.54) is 0 Å². The summed E-state index contributed by atoms with van der Waals surface area (Å²) in [5, 5.41) is 0. The van der Waals surface area contributed by atoms with Gasteiger partial charge in [0.05, 0.1) is 5.56 Å². The molecule has 2 aromatic rings. The fourth-order valence-electron chi connectivity index (χ4n) is 3.12. The Balaban J connectivity index is 1.48. The van der Waals surface area contributed by atoms with E-state index in [-0.39, 0.29) is 12.2 Å². The van der Waals surface area contributed by atoms with E-state index in [4.69, 9.17) is 4.74 Å². The van der Waals surface area contributed by atoms with Gasteiger partial charge in [0.25, 0.3) is 0 Å². The van der Waals surface area contributed by atoms with E-state index < -0.39 is 0 Å². The van der Waals surface area contributed by atoms with Gasteiger partial charge in [-0.15, -0.1) is 0 Å². The number of nitrogens with zero attached hydrogens (tertiary/aromatic N) is 3. The van der Waals surface area contributed by atoms with Crippen LogP contribution in [0.5, 0.6) is 0 Å². The summed E-state index contributed by atoms with van der Waals surface area (Å²) < 4.78 is 5.57. The molecule has 1 aromatic carbocycles. The molecule has 0 saturated carbocycles. The second-order valence-corrected chi connectivity index (χ2v) is 5.56. The van der Waals surface area contributed by atoms with Gasteiger partial charge in [0.15, 0.2) is 6.23 Å². The molecule has 1 aromatic heterocycles. The maximum absolute atomic E-state index is 11.9. The quantitative estimate of drug-likeness (QED) is 0.794. The fourth-order valence-corrected chi connectivity index (χ4v) is 3.12. The van der Waals surface area contributed by atoms with Crippen LogP contribution in [0.25, 0.3) is 0 Å². The molecule has 5 nitrogen and oxygen atoms in total. The zero-order valence-electron chi connectivity index (χ0n) is 12.2. The molecule has 1 fully saturated rings. The van der Waals surface area contributed by atoms with Crippen molar-refractivity contribution in [3.8, 4) is 0 Å². The maximum Gasteiger partial charge on any atom is 0.340 e. The third kappa shape index (κ3) is 2.23. The Morgan fingerprint density at radius 2 is 1.77 bits per heavy atom. The van der Waals surface area contributed by atoms with E-state index in [2.05, 4.69) is 14.8 Å². The van der Waals surface area contributed by atoms with Gasteiger partial charge in [0.2, 0.25) is 0 Å². The smallest absolute Gasteiger partial charge is 0.340 e. The predicted octanol–water partition coefficient (Wildman–Crippen LogP) is 2.07. The first kappa shape index (κ1) is 13.3. The van der Waals surface area contributed by atoms with Gasteiger partial charge in [-0.25, -0.2) is 9.78 Å². The molecule has 22 heavy (non-hydrogen) atoms. The van der Waals surface area contributed by atoms with E-state index >= 15 is 0 Å². The zero-order valence-corrected chi connectivity index (χ0v) is 12.2. The first-order chi connectivity index (χ1) is 10.8. The molecule has 5 heteroatoms. The van der Waals surface area contributed by atoms with Crippen LogP contribution in [-0.4, -0.2) is 42.0 Å². The van der Waals surface area contributed by atoms with Crippen LogP contribution < -0.4 is 4.90 Å². The minimum absolute atomic E-state index is 0.215. The summed E-state index contributed by atoms with van der Waals surface area (Å²) in [5.41, 5.74) is 1.68. The van der Waals surface area contributed by atoms with Crippen molar-refractivity contribution in [2.45, 2.75) is 6.23 Å². The standard InChI is InChI=1S/C17H17N3O2/c21-17-14-6-2-1-5-13(14)16(22-17)20-11-9-19(10-12-20)15-7-3-4-8-18-15/h1-8,16H,9-12H2/t16-/m1/s1. The van der Waals surface area contributed by atoms with Crippen molar-refractivity contribution in [2.75, 3.05) is 31.1 Å². The molecule has 0 spiro atoms. The Kier molecular flexibility index (Phi) is 3.27. The van der Waals surface area contributed by atoms with Crippen molar-refractivity contribution in [2.24, 2.45) is 0 Å². The Labute approximate surface area is 129 Å². The normalized spacial score (nSPS) is 21.5. The van der Waals surface area contributed by atoms with Crippen molar-refractivity contribution >= 4 is 11.8 Å². The minimum atomic E-state index is -0.241. The average molecular weight is 295 g/mol. The molecule has 2 aliphatic heterocycles. The second kappa shape index (κ2) is 5.42. The van der Waals surface area contributed by atoms with Crippen molar-refractivity contribution in [1.29, 1.82) is 0 Å². The second-order valence-electron chi connectivity index (χ2n) is 5.56. The highest BCUT2D eigenvalue weighted by Gasteiger charge is 2.36. The van der Waals surface area contributed by atoms with Crippen LogP contribution in [0.2, 0.25) is 0 Å². The average Bonchev–Trinajstić information content (AvgIpc) is 2.93. The highest BCUT2D eigenvalue weighted by atomic mass is 16.6. The van der Waals surface area contributed by atoms with Crippen molar-refractivity contribution < 1.29 is 9.53 Å². The lowest BCUT2D eigenvalue weighted by Crippen LogP contribution is -2.48. The summed E-state index contributed by atoms with van der Waals surface area (Å²) in [6, 6.07) is 13.6. The molecule has 2 aliphatic rings. The number of rotatable bonds is 2. The number of anilines is 1. The van der Waals surface area contributed by atoms with Crippen molar-refractivity contribution in [3.63, 3.8) is 0 Å². The number of carbonyl (C=O) groups is 1. The molecular weight excluding hydrogens is 278 g/mol. The molecule has 0 N–H and O–H groups in total. The molecule has 0 amide bonds. The number of carbonyl (C=O) groups excluding carboxylic acids is 1. The number of ether oxygens (including phenoxy) is 1. The topological polar surface area (TPSA) is 45.7 Å². The summed E-state index contributed by atoms with van der Waals surface area (Å²) in [5.74, 6) is 0.790. The lowest BCUT2D eigenvalue weighted by molar-refractivity contribution is -0.0251. The van der Waals surface area contributed by atoms with Crippen LogP contribution in [-0.2, 0) is 4.74 Å². The van der Waals surface area contributed by atoms with Crippen molar-refractivity contribution in [3.05, 3.63) is 59.8 Å². The summed E-state index contributed by atoms with van der Waals surface area (Å²) in [4.78, 5) is 20.8. The fraction of sp³-hybridized carbons (Fsp3) is 0.294. The van der Waals surface area contributed by atoms with E-state index in [0.29, 0.717) is 5.56 Å². The van der Waals surface area contributed by atoms with Gasteiger partial charge in [0.1, 0.15) is 5.82 Å². The maximum atomic E-state index is 11.9. The highest BCUT2D eigenvalue weighted by Crippen LogP contribution is 2.33. The molecule has 4 rings (SSSR count). The molecular formula is C17H17N3O2. The molecule has 112 valence electrons. The lowest BCUT2D eigenvalue weighted by atomic mass is 10.1. The van der Waals surface area contributed by atoms with Gasteiger partial charge in [-0.1, -0.05) is 24.3 Å². The van der Waals surface area contributed by atoms with Gasteiger partial charge in [-0.2, -0.15) is 0 Å². The molecule has 1 atom stereocenters. The van der Waals surface area contributed by atoms with E-state index in [0.717, 1.165) is 37.6 Å². The van der Waals surface area contributed by atoms with Gasteiger partial charge in [0, 0.05) is 37.9 Å². The Morgan fingerprint density at radius 3 is 2.55 bits per heavy atom. The molecule has 0 unspecified atom stereocenters.